The van der Waals surface area contributed by atoms with Gasteiger partial charge in [-0.2, -0.15) is 5.10 Å². The van der Waals surface area contributed by atoms with E-state index in [1.807, 2.05) is 0 Å². The molecule has 0 unspecified atom stereocenters. The lowest BCUT2D eigenvalue weighted by molar-refractivity contribution is 0.0812. The molecule has 2 heterocycles. The number of ether oxygens (including phenoxy) is 2. The van der Waals surface area contributed by atoms with Crippen molar-refractivity contribution in [2.45, 2.75) is 76.7 Å². The molecule has 0 aliphatic carbocycles. The van der Waals surface area contributed by atoms with Crippen LogP contribution in [0.5, 0.6) is 0 Å². The molecule has 15 heteroatoms. The number of halogens is 3. The van der Waals surface area contributed by atoms with Crippen LogP contribution in [0.3, 0.4) is 0 Å². The Morgan fingerprint density at radius 2 is 1.46 bits per heavy atom. The molecule has 268 valence electrons. The summed E-state index contributed by atoms with van der Waals surface area (Å²) in [5.41, 5.74) is -0.510. The number of aromatic nitrogens is 4. The summed E-state index contributed by atoms with van der Waals surface area (Å²) in [6.45, 7) is 16.4. The second-order valence-corrected chi connectivity index (χ2v) is 27.7. The number of benzene rings is 3. The number of hydrogen-bond donors (Lipinski definition) is 1. The maximum absolute atomic E-state index is 16.7. The predicted molar refractivity (Wildman–Crippen MR) is 196 cm³/mol. The molecule has 0 bridgehead atoms. The molecule has 5 rings (SSSR count). The van der Waals surface area contributed by atoms with Crippen molar-refractivity contribution in [1.29, 1.82) is 0 Å². The first kappa shape index (κ1) is 37.5. The van der Waals surface area contributed by atoms with Crippen LogP contribution in [0.4, 0.5) is 18.9 Å². The van der Waals surface area contributed by atoms with E-state index in [1.165, 1.54) is 28.9 Å². The molecule has 0 saturated carbocycles. The van der Waals surface area contributed by atoms with Crippen molar-refractivity contribution in [2.75, 3.05) is 17.9 Å². The van der Waals surface area contributed by atoms with Crippen LogP contribution >= 0.6 is 0 Å². The summed E-state index contributed by atoms with van der Waals surface area (Å²) in [4.78, 5) is 4.39. The van der Waals surface area contributed by atoms with Gasteiger partial charge in [-0.3, -0.25) is 4.72 Å². The third-order valence-corrected chi connectivity index (χ3v) is 12.9. The van der Waals surface area contributed by atoms with Crippen LogP contribution < -0.4 is 4.72 Å². The summed E-state index contributed by atoms with van der Waals surface area (Å²) in [5.74, 6) is -2.85. The van der Waals surface area contributed by atoms with Gasteiger partial charge in [0.2, 0.25) is 0 Å². The van der Waals surface area contributed by atoms with Crippen molar-refractivity contribution >= 4 is 42.8 Å². The summed E-state index contributed by atoms with van der Waals surface area (Å²) < 4.78 is 91.5. The van der Waals surface area contributed by atoms with Gasteiger partial charge >= 0.3 is 0 Å². The molecule has 50 heavy (non-hydrogen) atoms. The van der Waals surface area contributed by atoms with E-state index in [4.69, 9.17) is 14.6 Å². The standard InChI is InChI=1S/C35H44F3N5O4SSi2/c1-24-8-10-25(11-9-24)48(44,45)41-29-15-14-28(36)30(32(29)38)26-12-13-27-33(35-39-16-17-42(35)22-46-18-20-49(2,3)4)40-43(34(27)31(26)37)23-47-19-21-50(5,6)7/h8-17,41H,18-23H2,1-7H3. The van der Waals surface area contributed by atoms with Gasteiger partial charge in [0.15, 0.2) is 17.5 Å². The van der Waals surface area contributed by atoms with Gasteiger partial charge in [0.1, 0.15) is 30.5 Å². The summed E-state index contributed by atoms with van der Waals surface area (Å²) in [5, 5.41) is 5.05. The highest BCUT2D eigenvalue weighted by molar-refractivity contribution is 7.92. The van der Waals surface area contributed by atoms with Crippen LogP contribution in [-0.2, 0) is 33.0 Å². The maximum atomic E-state index is 16.7. The molecule has 3 aromatic carbocycles. The van der Waals surface area contributed by atoms with Crippen molar-refractivity contribution in [2.24, 2.45) is 0 Å². The highest BCUT2D eigenvalue weighted by Gasteiger charge is 2.27. The lowest BCUT2D eigenvalue weighted by Crippen LogP contribution is -2.22. The van der Waals surface area contributed by atoms with Crippen LogP contribution in [0.1, 0.15) is 5.56 Å². The van der Waals surface area contributed by atoms with Crippen LogP contribution in [0.15, 0.2) is 65.8 Å². The van der Waals surface area contributed by atoms with Crippen LogP contribution in [0.2, 0.25) is 51.4 Å². The Morgan fingerprint density at radius 1 is 0.820 bits per heavy atom. The lowest BCUT2D eigenvalue weighted by atomic mass is 10.0. The van der Waals surface area contributed by atoms with Crippen LogP contribution in [0.25, 0.3) is 33.5 Å². The quantitative estimate of drug-likeness (QED) is 0.0851. The topological polar surface area (TPSA) is 100 Å². The van der Waals surface area contributed by atoms with E-state index in [2.05, 4.69) is 49.0 Å². The SMILES string of the molecule is Cc1ccc(S(=O)(=O)Nc2ccc(F)c(-c3ccc4c(-c5nccn5COCC[Si](C)(C)C)nn(COCC[Si](C)(C)C)c4c3F)c2F)cc1. The predicted octanol–water partition coefficient (Wildman–Crippen LogP) is 8.72. The van der Waals surface area contributed by atoms with Crippen molar-refractivity contribution < 1.29 is 31.1 Å². The Labute approximate surface area is 293 Å². The van der Waals surface area contributed by atoms with Gasteiger partial charge in [-0.1, -0.05) is 63.0 Å². The summed E-state index contributed by atoms with van der Waals surface area (Å²) in [6, 6.07) is 12.5. The molecule has 0 aliphatic rings. The number of aryl methyl sites for hydroxylation is 1. The van der Waals surface area contributed by atoms with Crippen molar-refractivity contribution in [3.8, 4) is 22.6 Å². The Kier molecular flexibility index (Phi) is 11.1. The molecular weight excluding hydrogens is 700 g/mol. The minimum atomic E-state index is -4.23. The van der Waals surface area contributed by atoms with E-state index < -0.39 is 60.4 Å². The van der Waals surface area contributed by atoms with Crippen molar-refractivity contribution in [3.05, 3.63) is 83.9 Å². The summed E-state index contributed by atoms with van der Waals surface area (Å²) in [7, 11) is -6.97. The van der Waals surface area contributed by atoms with Gasteiger partial charge in [0.25, 0.3) is 10.0 Å². The number of hydrogen-bond acceptors (Lipinski definition) is 6. The smallest absolute Gasteiger partial charge is 0.261 e. The fraction of sp³-hybridized carbons (Fsp3) is 0.371. The zero-order valence-electron chi connectivity index (χ0n) is 29.5. The number of rotatable bonds is 15. The molecule has 5 aromatic rings. The van der Waals surface area contributed by atoms with Crippen molar-refractivity contribution in [3.63, 3.8) is 0 Å². The Morgan fingerprint density at radius 3 is 2.10 bits per heavy atom. The zero-order valence-corrected chi connectivity index (χ0v) is 32.3. The van der Waals surface area contributed by atoms with E-state index in [0.29, 0.717) is 30.1 Å². The first-order valence-corrected chi connectivity index (χ1v) is 25.3. The highest BCUT2D eigenvalue weighted by Crippen LogP contribution is 2.38. The minimum absolute atomic E-state index is 0.0378. The molecule has 0 amide bonds. The average Bonchev–Trinajstić information content (AvgIpc) is 3.64. The number of sulfonamides is 1. The molecule has 0 fully saturated rings. The monoisotopic (exact) mass is 743 g/mol. The minimum Gasteiger partial charge on any atom is -0.361 e. The number of fused-ring (bicyclic) bond motifs is 1. The van der Waals surface area contributed by atoms with Gasteiger partial charge in [-0.05, 0) is 49.3 Å². The molecular formula is C35H44F3N5O4SSi2. The van der Waals surface area contributed by atoms with E-state index in [-0.39, 0.29) is 23.9 Å². The van der Waals surface area contributed by atoms with Gasteiger partial charge in [0.05, 0.1) is 16.1 Å². The lowest BCUT2D eigenvalue weighted by Gasteiger charge is -2.16. The van der Waals surface area contributed by atoms with Gasteiger partial charge < -0.3 is 14.0 Å². The second kappa shape index (κ2) is 14.8. The number of anilines is 1. The molecule has 9 nitrogen and oxygen atoms in total. The fourth-order valence-electron chi connectivity index (χ4n) is 5.18. The molecule has 0 aliphatic heterocycles. The van der Waals surface area contributed by atoms with Crippen LogP contribution in [-0.4, -0.2) is 57.1 Å². The van der Waals surface area contributed by atoms with E-state index in [0.717, 1.165) is 29.8 Å². The van der Waals surface area contributed by atoms with E-state index >= 15 is 13.2 Å². The number of imidazole rings is 1. The van der Waals surface area contributed by atoms with Gasteiger partial charge in [-0.25, -0.2) is 31.3 Å². The fourth-order valence-corrected chi connectivity index (χ4v) is 7.76. The molecule has 0 spiro atoms. The number of nitrogens with one attached hydrogen (secondary N) is 1. The Balaban J connectivity index is 1.56. The Bertz CT molecular complexity index is 2090. The maximum Gasteiger partial charge on any atom is 0.261 e. The summed E-state index contributed by atoms with van der Waals surface area (Å²) >= 11 is 0. The van der Waals surface area contributed by atoms with E-state index in [1.54, 1.807) is 36.0 Å². The molecule has 2 aromatic heterocycles. The largest absolute Gasteiger partial charge is 0.361 e. The molecule has 0 radical (unpaired) electrons. The molecule has 0 atom stereocenters. The number of nitrogens with zero attached hydrogens (tertiary/aromatic N) is 4. The Hall–Kier alpha value is -3.77. The van der Waals surface area contributed by atoms with Crippen LogP contribution in [0, 0.1) is 24.4 Å². The van der Waals surface area contributed by atoms with Crippen molar-refractivity contribution in [1.82, 2.24) is 19.3 Å². The van der Waals surface area contributed by atoms with Gasteiger partial charge in [-0.15, -0.1) is 0 Å². The highest BCUT2D eigenvalue weighted by atomic mass is 32.2. The third kappa shape index (κ3) is 8.75. The molecule has 1 N–H and O–H groups in total. The first-order chi connectivity index (χ1) is 23.4. The van der Waals surface area contributed by atoms with E-state index in [9.17, 15) is 8.42 Å². The second-order valence-electron chi connectivity index (χ2n) is 14.8. The summed E-state index contributed by atoms with van der Waals surface area (Å²) in [6.07, 6.45) is 3.35. The average molecular weight is 744 g/mol. The normalized spacial score (nSPS) is 12.6. The van der Waals surface area contributed by atoms with Gasteiger partial charge in [0, 0.05) is 52.7 Å². The first-order valence-electron chi connectivity index (χ1n) is 16.4. The third-order valence-electron chi connectivity index (χ3n) is 8.15. The molecule has 0 saturated heterocycles. The zero-order chi connectivity index (χ0) is 36.4.